The van der Waals surface area contributed by atoms with Gasteiger partial charge in [-0.05, 0) is 52.0 Å². The van der Waals surface area contributed by atoms with E-state index >= 15 is 0 Å². The SMILES string of the molecule is CCOc1ccc(OCCNC(=O)CSc2nnc(NC(C)(C)C)s2)cc1. The quantitative estimate of drug-likeness (QED) is 0.458. The molecule has 0 aliphatic heterocycles. The zero-order valence-electron chi connectivity index (χ0n) is 16.1. The number of nitrogens with one attached hydrogen (secondary N) is 2. The van der Waals surface area contributed by atoms with Crippen molar-refractivity contribution in [1.82, 2.24) is 15.5 Å². The van der Waals surface area contributed by atoms with E-state index in [4.69, 9.17) is 9.47 Å². The van der Waals surface area contributed by atoms with E-state index in [1.807, 2.05) is 31.2 Å². The van der Waals surface area contributed by atoms with E-state index in [2.05, 4.69) is 41.6 Å². The highest BCUT2D eigenvalue weighted by atomic mass is 32.2. The third-order valence-corrected chi connectivity index (χ3v) is 5.01. The predicted molar refractivity (Wildman–Crippen MR) is 110 cm³/mol. The molecule has 2 aromatic rings. The highest BCUT2D eigenvalue weighted by molar-refractivity contribution is 8.01. The zero-order valence-corrected chi connectivity index (χ0v) is 17.7. The average Bonchev–Trinajstić information content (AvgIpc) is 3.04. The normalized spacial score (nSPS) is 11.1. The van der Waals surface area contributed by atoms with Crippen molar-refractivity contribution >= 4 is 34.1 Å². The number of carbonyl (C=O) groups is 1. The fourth-order valence-electron chi connectivity index (χ4n) is 1.98. The summed E-state index contributed by atoms with van der Waals surface area (Å²) in [6.45, 7) is 9.61. The van der Waals surface area contributed by atoms with Crippen LogP contribution in [0.4, 0.5) is 5.13 Å². The maximum atomic E-state index is 11.9. The highest BCUT2D eigenvalue weighted by Gasteiger charge is 2.14. The Kier molecular flexibility index (Phi) is 8.18. The standard InChI is InChI=1S/C18H26N4O3S2/c1-5-24-13-6-8-14(9-7-13)25-11-10-19-15(23)12-26-17-22-21-16(27-17)20-18(2,3)4/h6-9H,5,10-12H2,1-4H3,(H,19,23)(H,20,21). The van der Waals surface area contributed by atoms with Gasteiger partial charge in [0.05, 0.1) is 18.9 Å². The van der Waals surface area contributed by atoms with Crippen molar-refractivity contribution in [3.63, 3.8) is 0 Å². The van der Waals surface area contributed by atoms with E-state index in [1.54, 1.807) is 0 Å². The first-order valence-electron chi connectivity index (χ1n) is 8.72. The minimum Gasteiger partial charge on any atom is -0.494 e. The first-order chi connectivity index (χ1) is 12.9. The van der Waals surface area contributed by atoms with Gasteiger partial charge in [-0.15, -0.1) is 10.2 Å². The first-order valence-corrected chi connectivity index (χ1v) is 10.5. The van der Waals surface area contributed by atoms with Gasteiger partial charge in [-0.1, -0.05) is 23.1 Å². The number of anilines is 1. The second-order valence-corrected chi connectivity index (χ2v) is 8.84. The van der Waals surface area contributed by atoms with Crippen molar-refractivity contribution in [3.8, 4) is 11.5 Å². The second-order valence-electron chi connectivity index (χ2n) is 6.64. The monoisotopic (exact) mass is 410 g/mol. The molecule has 0 saturated heterocycles. The van der Waals surface area contributed by atoms with Crippen molar-refractivity contribution in [2.75, 3.05) is 30.8 Å². The van der Waals surface area contributed by atoms with Crippen LogP contribution in [-0.2, 0) is 4.79 Å². The fraction of sp³-hybridized carbons (Fsp3) is 0.500. The van der Waals surface area contributed by atoms with Crippen LogP contribution in [0.3, 0.4) is 0 Å². The van der Waals surface area contributed by atoms with Crippen molar-refractivity contribution < 1.29 is 14.3 Å². The summed E-state index contributed by atoms with van der Waals surface area (Å²) in [5.74, 6) is 1.80. The van der Waals surface area contributed by atoms with Gasteiger partial charge in [0.25, 0.3) is 0 Å². The van der Waals surface area contributed by atoms with Gasteiger partial charge >= 0.3 is 0 Å². The molecule has 1 heterocycles. The summed E-state index contributed by atoms with van der Waals surface area (Å²) in [5, 5.41) is 15.0. The molecule has 0 saturated carbocycles. The van der Waals surface area contributed by atoms with Crippen LogP contribution >= 0.6 is 23.1 Å². The summed E-state index contributed by atoms with van der Waals surface area (Å²) in [6, 6.07) is 7.42. The van der Waals surface area contributed by atoms with Crippen molar-refractivity contribution in [3.05, 3.63) is 24.3 Å². The van der Waals surface area contributed by atoms with E-state index in [0.717, 1.165) is 21.0 Å². The lowest BCUT2D eigenvalue weighted by Crippen LogP contribution is -2.29. The molecule has 2 N–H and O–H groups in total. The van der Waals surface area contributed by atoms with Crippen molar-refractivity contribution in [2.45, 2.75) is 37.6 Å². The van der Waals surface area contributed by atoms with E-state index < -0.39 is 0 Å². The number of carbonyl (C=O) groups excluding carboxylic acids is 1. The molecule has 1 aromatic carbocycles. The molecule has 0 spiro atoms. The Bertz CT molecular complexity index is 714. The van der Waals surface area contributed by atoms with Crippen LogP contribution in [0.25, 0.3) is 0 Å². The number of hydrogen-bond acceptors (Lipinski definition) is 8. The van der Waals surface area contributed by atoms with Gasteiger partial charge in [-0.3, -0.25) is 4.79 Å². The number of thioether (sulfide) groups is 1. The molecule has 7 nitrogen and oxygen atoms in total. The van der Waals surface area contributed by atoms with Crippen LogP contribution in [0.15, 0.2) is 28.6 Å². The molecule has 0 fully saturated rings. The van der Waals surface area contributed by atoms with Gasteiger partial charge in [-0.25, -0.2) is 0 Å². The van der Waals surface area contributed by atoms with Gasteiger partial charge in [0.1, 0.15) is 18.1 Å². The van der Waals surface area contributed by atoms with Gasteiger partial charge in [0.15, 0.2) is 4.34 Å². The molecule has 0 aliphatic rings. The Morgan fingerprint density at radius 3 is 2.44 bits per heavy atom. The molecule has 1 aromatic heterocycles. The molecule has 0 unspecified atom stereocenters. The molecule has 27 heavy (non-hydrogen) atoms. The van der Waals surface area contributed by atoms with Crippen LogP contribution in [0.5, 0.6) is 11.5 Å². The lowest BCUT2D eigenvalue weighted by atomic mass is 10.1. The highest BCUT2D eigenvalue weighted by Crippen LogP contribution is 2.27. The maximum Gasteiger partial charge on any atom is 0.230 e. The molecule has 0 aliphatic carbocycles. The Balaban J connectivity index is 1.62. The summed E-state index contributed by atoms with van der Waals surface area (Å²) < 4.78 is 11.7. The Labute approximate surface area is 168 Å². The van der Waals surface area contributed by atoms with E-state index in [9.17, 15) is 4.79 Å². The molecular formula is C18H26N4O3S2. The molecule has 0 radical (unpaired) electrons. The van der Waals surface area contributed by atoms with Crippen LogP contribution in [0, 0.1) is 0 Å². The molecule has 0 atom stereocenters. The zero-order chi connectivity index (χ0) is 19.7. The summed E-state index contributed by atoms with van der Waals surface area (Å²) in [6.07, 6.45) is 0. The van der Waals surface area contributed by atoms with Crippen LogP contribution in [-0.4, -0.2) is 47.2 Å². The predicted octanol–water partition coefficient (Wildman–Crippen LogP) is 3.43. The van der Waals surface area contributed by atoms with Gasteiger partial charge in [0.2, 0.25) is 11.0 Å². The number of rotatable bonds is 10. The number of amides is 1. The molecule has 1 amide bonds. The minimum absolute atomic E-state index is 0.0594. The number of hydrogen-bond donors (Lipinski definition) is 2. The van der Waals surface area contributed by atoms with Crippen LogP contribution in [0.1, 0.15) is 27.7 Å². The first kappa shape index (κ1) is 21.3. The maximum absolute atomic E-state index is 11.9. The van der Waals surface area contributed by atoms with Crippen LogP contribution in [0.2, 0.25) is 0 Å². The van der Waals surface area contributed by atoms with Crippen molar-refractivity contribution in [1.29, 1.82) is 0 Å². The van der Waals surface area contributed by atoms with Gasteiger partial charge in [0, 0.05) is 5.54 Å². The van der Waals surface area contributed by atoms with E-state index in [0.29, 0.717) is 25.5 Å². The lowest BCUT2D eigenvalue weighted by Gasteiger charge is -2.18. The molecular weight excluding hydrogens is 384 g/mol. The summed E-state index contributed by atoms with van der Waals surface area (Å²) in [7, 11) is 0. The molecule has 0 bridgehead atoms. The third-order valence-electron chi connectivity index (χ3n) is 3.04. The summed E-state index contributed by atoms with van der Waals surface area (Å²) >= 11 is 2.82. The summed E-state index contributed by atoms with van der Waals surface area (Å²) in [4.78, 5) is 11.9. The Morgan fingerprint density at radius 1 is 1.15 bits per heavy atom. The van der Waals surface area contributed by atoms with E-state index in [-0.39, 0.29) is 11.4 Å². The van der Waals surface area contributed by atoms with Gasteiger partial charge in [-0.2, -0.15) is 0 Å². The van der Waals surface area contributed by atoms with Crippen LogP contribution < -0.4 is 20.1 Å². The molecule has 9 heteroatoms. The number of nitrogens with zero attached hydrogens (tertiary/aromatic N) is 2. The average molecular weight is 411 g/mol. The number of aromatic nitrogens is 2. The Hall–Kier alpha value is -2.00. The van der Waals surface area contributed by atoms with E-state index in [1.165, 1.54) is 23.1 Å². The van der Waals surface area contributed by atoms with Crippen molar-refractivity contribution in [2.24, 2.45) is 0 Å². The topological polar surface area (TPSA) is 85.4 Å². The number of ether oxygens (including phenoxy) is 2. The molecule has 2 rings (SSSR count). The molecule has 148 valence electrons. The second kappa shape index (κ2) is 10.4. The minimum atomic E-state index is -0.0673. The summed E-state index contributed by atoms with van der Waals surface area (Å²) in [5.41, 5.74) is -0.0673. The van der Waals surface area contributed by atoms with Gasteiger partial charge < -0.3 is 20.1 Å². The number of benzene rings is 1. The smallest absolute Gasteiger partial charge is 0.230 e. The third kappa shape index (κ3) is 8.49. The largest absolute Gasteiger partial charge is 0.494 e. The fourth-order valence-corrected chi connectivity index (χ4v) is 3.77. The Morgan fingerprint density at radius 2 is 1.81 bits per heavy atom. The lowest BCUT2D eigenvalue weighted by molar-refractivity contribution is -0.118.